The first-order valence-corrected chi connectivity index (χ1v) is 12.8. The zero-order valence-corrected chi connectivity index (χ0v) is 22.4. The molecule has 2 aromatic carbocycles. The Morgan fingerprint density at radius 1 is 0.758 bits per heavy atom. The van der Waals surface area contributed by atoms with Crippen LogP contribution in [-0.4, -0.2) is 12.7 Å². The van der Waals surface area contributed by atoms with Crippen molar-refractivity contribution in [3.05, 3.63) is 69.3 Å². The van der Waals surface area contributed by atoms with E-state index in [2.05, 4.69) is 85.7 Å². The fourth-order valence-electron chi connectivity index (χ4n) is 5.65. The van der Waals surface area contributed by atoms with Crippen LogP contribution in [0.15, 0.2) is 30.3 Å². The van der Waals surface area contributed by atoms with Crippen LogP contribution in [0.4, 0.5) is 0 Å². The zero-order chi connectivity index (χ0) is 24.2. The van der Waals surface area contributed by atoms with Gasteiger partial charge in [0.2, 0.25) is 0 Å². The minimum atomic E-state index is -0.237. The van der Waals surface area contributed by atoms with Crippen LogP contribution in [0.5, 0.6) is 0 Å². The molecule has 0 radical (unpaired) electrons. The summed E-state index contributed by atoms with van der Waals surface area (Å²) >= 11 is 0. The molecule has 0 spiro atoms. The minimum absolute atomic E-state index is 0.114. The average molecular weight is 449 g/mol. The lowest BCUT2D eigenvalue weighted by Gasteiger charge is -2.32. The lowest BCUT2D eigenvalue weighted by Crippen LogP contribution is -2.30. The van der Waals surface area contributed by atoms with Crippen molar-refractivity contribution in [1.29, 1.82) is 0 Å². The highest BCUT2D eigenvalue weighted by atomic mass is 16.5. The lowest BCUT2D eigenvalue weighted by molar-refractivity contribution is -0.0721. The molecule has 2 aromatic rings. The molecule has 0 heterocycles. The van der Waals surface area contributed by atoms with Crippen LogP contribution >= 0.6 is 0 Å². The maximum absolute atomic E-state index is 6.90. The quantitative estimate of drug-likeness (QED) is 0.462. The number of fused-ring (bicyclic) bond motifs is 2. The van der Waals surface area contributed by atoms with Crippen molar-refractivity contribution in [2.24, 2.45) is 0 Å². The Morgan fingerprint density at radius 3 is 2.03 bits per heavy atom. The van der Waals surface area contributed by atoms with Crippen molar-refractivity contribution in [3.8, 4) is 0 Å². The van der Waals surface area contributed by atoms with E-state index in [0.717, 1.165) is 32.1 Å². The Hall–Kier alpha value is -1.64. The van der Waals surface area contributed by atoms with Crippen LogP contribution in [0.1, 0.15) is 119 Å². The molecule has 2 atom stereocenters. The molecule has 2 aliphatic carbocycles. The number of methoxy groups -OCH3 is 1. The number of hydrogen-bond acceptors (Lipinski definition) is 2. The number of hydrogen-bond donors (Lipinski definition) is 0. The van der Waals surface area contributed by atoms with Gasteiger partial charge in [-0.25, -0.2) is 0 Å². The summed E-state index contributed by atoms with van der Waals surface area (Å²) in [6.45, 7) is 18.3. The molecule has 180 valence electrons. The summed E-state index contributed by atoms with van der Waals surface area (Å²) in [5.41, 5.74) is 10.0. The van der Waals surface area contributed by atoms with Gasteiger partial charge in [-0.05, 0) is 89.3 Å². The molecular formula is C31H44O2. The Balaban J connectivity index is 1.62. The highest BCUT2D eigenvalue weighted by Crippen LogP contribution is 2.43. The van der Waals surface area contributed by atoms with Crippen molar-refractivity contribution in [3.63, 3.8) is 0 Å². The van der Waals surface area contributed by atoms with Crippen molar-refractivity contribution in [2.75, 3.05) is 7.11 Å². The summed E-state index contributed by atoms with van der Waals surface area (Å²) in [5.74, 6) is 0. The van der Waals surface area contributed by atoms with Crippen LogP contribution < -0.4 is 0 Å². The third kappa shape index (κ3) is 5.08. The molecule has 33 heavy (non-hydrogen) atoms. The third-order valence-corrected chi connectivity index (χ3v) is 7.64. The number of ether oxygens (including phenoxy) is 2. The monoisotopic (exact) mass is 448 g/mol. The fourth-order valence-corrected chi connectivity index (χ4v) is 5.65. The summed E-state index contributed by atoms with van der Waals surface area (Å²) in [6, 6.07) is 11.9. The van der Waals surface area contributed by atoms with Crippen LogP contribution in [0.2, 0.25) is 0 Å². The summed E-state index contributed by atoms with van der Waals surface area (Å²) in [5, 5.41) is 0. The van der Waals surface area contributed by atoms with Gasteiger partial charge in [-0.15, -0.1) is 0 Å². The van der Waals surface area contributed by atoms with Crippen molar-refractivity contribution in [2.45, 2.75) is 116 Å². The van der Waals surface area contributed by atoms with E-state index < -0.39 is 0 Å². The molecule has 0 amide bonds. The standard InChI is InChI=1S/C31H44O2/c1-29(2,3)22-12-10-20-11-14-28(25(20)17-22)33-31(7,8)19-21-16-23(30(4,5)6)18-26-24(21)13-15-27(26)32-9/h10,12,16-18,27-28H,11,13-15,19H2,1-9H3/t27-,28+/m0/s1. The summed E-state index contributed by atoms with van der Waals surface area (Å²) in [6.07, 6.45) is 5.72. The van der Waals surface area contributed by atoms with Crippen molar-refractivity contribution < 1.29 is 9.47 Å². The van der Waals surface area contributed by atoms with E-state index in [9.17, 15) is 0 Å². The van der Waals surface area contributed by atoms with Crippen LogP contribution in [0, 0.1) is 0 Å². The Bertz CT molecular complexity index is 1020. The lowest BCUT2D eigenvalue weighted by atomic mass is 9.82. The molecule has 0 aromatic heterocycles. The van der Waals surface area contributed by atoms with Gasteiger partial charge in [0.15, 0.2) is 0 Å². The van der Waals surface area contributed by atoms with E-state index in [1.807, 2.05) is 7.11 Å². The molecule has 2 aliphatic rings. The van der Waals surface area contributed by atoms with Gasteiger partial charge in [0.25, 0.3) is 0 Å². The van der Waals surface area contributed by atoms with E-state index in [0.29, 0.717) is 0 Å². The molecule has 4 rings (SSSR count). The largest absolute Gasteiger partial charge is 0.377 e. The van der Waals surface area contributed by atoms with Crippen LogP contribution in [-0.2, 0) is 39.6 Å². The van der Waals surface area contributed by atoms with Gasteiger partial charge in [-0.2, -0.15) is 0 Å². The van der Waals surface area contributed by atoms with Crippen LogP contribution in [0.3, 0.4) is 0 Å². The highest BCUT2D eigenvalue weighted by Gasteiger charge is 2.34. The first kappa shape index (κ1) is 24.5. The second-order valence-electron chi connectivity index (χ2n) is 13.0. The van der Waals surface area contributed by atoms with Gasteiger partial charge in [-0.1, -0.05) is 71.9 Å². The van der Waals surface area contributed by atoms with Gasteiger partial charge in [0.05, 0.1) is 17.8 Å². The third-order valence-electron chi connectivity index (χ3n) is 7.64. The van der Waals surface area contributed by atoms with Gasteiger partial charge in [0.1, 0.15) is 0 Å². The fraction of sp³-hybridized carbons (Fsp3) is 0.613. The maximum atomic E-state index is 6.90. The first-order valence-electron chi connectivity index (χ1n) is 12.8. The number of benzene rings is 2. The molecule has 0 saturated heterocycles. The molecule has 0 saturated carbocycles. The van der Waals surface area contributed by atoms with Gasteiger partial charge >= 0.3 is 0 Å². The first-order chi connectivity index (χ1) is 15.3. The molecule has 0 unspecified atom stereocenters. The van der Waals surface area contributed by atoms with E-state index in [-0.39, 0.29) is 28.6 Å². The van der Waals surface area contributed by atoms with E-state index in [1.54, 1.807) is 0 Å². The van der Waals surface area contributed by atoms with Gasteiger partial charge < -0.3 is 9.47 Å². The number of aryl methyl sites for hydroxylation is 1. The second-order valence-corrected chi connectivity index (χ2v) is 13.0. The van der Waals surface area contributed by atoms with Gasteiger partial charge in [0, 0.05) is 13.5 Å². The molecule has 0 fully saturated rings. The SMILES string of the molecule is CO[C@H]1CCc2c(CC(C)(C)O[C@@H]3CCc4ccc(C(C)(C)C)cc43)cc(C(C)(C)C)cc21. The Kier molecular flexibility index (Phi) is 6.34. The van der Waals surface area contributed by atoms with E-state index >= 15 is 0 Å². The Morgan fingerprint density at radius 2 is 1.39 bits per heavy atom. The zero-order valence-electron chi connectivity index (χ0n) is 22.4. The summed E-state index contributed by atoms with van der Waals surface area (Å²) in [4.78, 5) is 0. The van der Waals surface area contributed by atoms with Crippen molar-refractivity contribution in [1.82, 2.24) is 0 Å². The molecule has 2 heteroatoms. The summed E-state index contributed by atoms with van der Waals surface area (Å²) < 4.78 is 12.7. The summed E-state index contributed by atoms with van der Waals surface area (Å²) in [7, 11) is 1.85. The predicted molar refractivity (Wildman–Crippen MR) is 138 cm³/mol. The van der Waals surface area contributed by atoms with Crippen LogP contribution in [0.25, 0.3) is 0 Å². The smallest absolute Gasteiger partial charge is 0.0838 e. The molecule has 0 aliphatic heterocycles. The molecule has 2 nitrogen and oxygen atoms in total. The number of rotatable bonds is 5. The average Bonchev–Trinajstić information content (AvgIpc) is 3.29. The van der Waals surface area contributed by atoms with Gasteiger partial charge in [-0.3, -0.25) is 0 Å². The molecular weight excluding hydrogens is 404 g/mol. The molecule has 0 N–H and O–H groups in total. The second kappa shape index (κ2) is 8.54. The maximum Gasteiger partial charge on any atom is 0.0838 e. The predicted octanol–water partition coefficient (Wildman–Crippen LogP) is 7.94. The highest BCUT2D eigenvalue weighted by molar-refractivity contribution is 5.46. The van der Waals surface area contributed by atoms with E-state index in [1.165, 1.54) is 38.9 Å². The van der Waals surface area contributed by atoms with E-state index in [4.69, 9.17) is 9.47 Å². The topological polar surface area (TPSA) is 18.5 Å². The van der Waals surface area contributed by atoms with Crippen molar-refractivity contribution >= 4 is 0 Å². The normalized spacial score (nSPS) is 20.8. The molecule has 0 bridgehead atoms. The minimum Gasteiger partial charge on any atom is -0.377 e. The Labute approximate surface area is 202 Å².